The Labute approximate surface area is 297 Å². The average molecular weight is 676 g/mol. The molecule has 0 N–H and O–H groups in total. The van der Waals surface area contributed by atoms with Gasteiger partial charge in [0.1, 0.15) is 17.2 Å². The van der Waals surface area contributed by atoms with Crippen LogP contribution in [0.1, 0.15) is 35.6 Å². The third-order valence-corrected chi connectivity index (χ3v) is 10.8. The Bertz CT molecular complexity index is 2030. The number of amides is 2. The second-order valence-corrected chi connectivity index (χ2v) is 13.2. The molecule has 254 valence electrons. The van der Waals surface area contributed by atoms with Crippen molar-refractivity contribution in [3.05, 3.63) is 156 Å². The van der Waals surface area contributed by atoms with Crippen LogP contribution in [0.3, 0.4) is 0 Å². The number of Topliss-reactive ketones (excluding diaryl/α,β-unsaturated/α-hetero) is 1. The predicted molar refractivity (Wildman–Crippen MR) is 196 cm³/mol. The molecule has 8 rings (SSSR count). The summed E-state index contributed by atoms with van der Waals surface area (Å²) in [5.74, 6) is -1.04. The number of ether oxygens (including phenoxy) is 3. The molecule has 3 aliphatic rings. The van der Waals surface area contributed by atoms with Crippen LogP contribution in [0.4, 0.5) is 5.69 Å². The Morgan fingerprint density at radius 3 is 1.35 bits per heavy atom. The number of hydrogen-bond acceptors (Lipinski definition) is 6. The zero-order valence-electron chi connectivity index (χ0n) is 28.7. The molecule has 2 fully saturated rings. The fourth-order valence-electron chi connectivity index (χ4n) is 8.81. The van der Waals surface area contributed by atoms with Crippen LogP contribution in [0.2, 0.25) is 0 Å². The Balaban J connectivity index is 1.47. The highest BCUT2D eigenvalue weighted by atomic mass is 16.5. The van der Waals surface area contributed by atoms with Gasteiger partial charge in [0, 0.05) is 0 Å². The van der Waals surface area contributed by atoms with Crippen molar-refractivity contribution in [1.29, 1.82) is 0 Å². The predicted octanol–water partition coefficient (Wildman–Crippen LogP) is 7.68. The highest BCUT2D eigenvalue weighted by Gasteiger charge is 2.82. The van der Waals surface area contributed by atoms with Gasteiger partial charge in [-0.1, -0.05) is 91.9 Å². The third kappa shape index (κ3) is 4.47. The smallest absolute Gasteiger partial charge is 0.239 e. The van der Waals surface area contributed by atoms with Crippen LogP contribution in [0.25, 0.3) is 11.1 Å². The van der Waals surface area contributed by atoms with Crippen molar-refractivity contribution in [1.82, 2.24) is 0 Å². The molecule has 2 amide bonds. The molecular weight excluding hydrogens is 638 g/mol. The van der Waals surface area contributed by atoms with Crippen LogP contribution in [-0.2, 0) is 25.2 Å². The standard InChI is InChI=1S/C44H37NO6/c1-4-27-51-35-25-19-32(20-26-35)45-40(46)38-39(41(45)47)44(31-13-9-6-10-14-31)37(29-17-23-34(50-3)24-18-29)36(28-15-21-33(49-2)22-16-28)43(38,42(44)48)30-11-7-5-8-12-30/h5-26,38-39H,4,27H2,1-3H3/t38-,39-,43+,44+/m1/s1. The molecule has 2 aliphatic carbocycles. The first-order valence-corrected chi connectivity index (χ1v) is 17.2. The fraction of sp³-hybridized carbons (Fsp3) is 0.205. The summed E-state index contributed by atoms with van der Waals surface area (Å²) in [5.41, 5.74) is 1.74. The first-order chi connectivity index (χ1) is 24.9. The zero-order valence-corrected chi connectivity index (χ0v) is 28.7. The maximum Gasteiger partial charge on any atom is 0.239 e. The van der Waals surface area contributed by atoms with Crippen molar-refractivity contribution in [2.45, 2.75) is 24.2 Å². The summed E-state index contributed by atoms with van der Waals surface area (Å²) in [6, 6.07) is 41.3. The molecule has 1 heterocycles. The molecule has 7 nitrogen and oxygen atoms in total. The SMILES string of the molecule is CCCOc1ccc(N2C(=O)[C@H]3[C@H](C2=O)[C@@]2(c4ccccc4)C(=O)[C@@]3(c3ccccc3)C(c3ccc(OC)cc3)=C2c2ccc(OC)cc2)cc1. The van der Waals surface area contributed by atoms with Crippen molar-refractivity contribution in [3.8, 4) is 17.2 Å². The number of ketones is 1. The minimum atomic E-state index is -1.50. The number of carbonyl (C=O) groups is 3. The number of nitrogens with zero attached hydrogens (tertiary/aromatic N) is 1. The summed E-state index contributed by atoms with van der Waals surface area (Å²) in [4.78, 5) is 47.8. The fourth-order valence-corrected chi connectivity index (χ4v) is 8.81. The highest BCUT2D eigenvalue weighted by Crippen LogP contribution is 2.74. The van der Waals surface area contributed by atoms with E-state index in [0.717, 1.165) is 17.5 Å². The number of methoxy groups -OCH3 is 2. The number of rotatable bonds is 10. The van der Waals surface area contributed by atoms with E-state index >= 15 is 14.4 Å². The van der Waals surface area contributed by atoms with Crippen molar-refractivity contribution >= 4 is 34.4 Å². The number of anilines is 1. The van der Waals surface area contributed by atoms with Crippen LogP contribution >= 0.6 is 0 Å². The van der Waals surface area contributed by atoms with Crippen LogP contribution in [0.15, 0.2) is 133 Å². The molecule has 1 aliphatic heterocycles. The van der Waals surface area contributed by atoms with Gasteiger partial charge in [-0.2, -0.15) is 0 Å². The monoisotopic (exact) mass is 675 g/mol. The van der Waals surface area contributed by atoms with E-state index in [-0.39, 0.29) is 5.78 Å². The molecule has 2 bridgehead atoms. The maximum absolute atomic E-state index is 16.1. The Hall–Kier alpha value is -5.95. The second-order valence-electron chi connectivity index (χ2n) is 13.2. The maximum atomic E-state index is 16.1. The Kier molecular flexibility index (Phi) is 7.86. The molecule has 0 aromatic heterocycles. The van der Waals surface area contributed by atoms with Gasteiger partial charge in [0.05, 0.1) is 49.2 Å². The molecule has 7 heteroatoms. The van der Waals surface area contributed by atoms with E-state index in [9.17, 15) is 0 Å². The topological polar surface area (TPSA) is 82.1 Å². The lowest BCUT2D eigenvalue weighted by molar-refractivity contribution is -0.130. The second kappa shape index (κ2) is 12.4. The molecule has 5 aromatic carbocycles. The normalized spacial score (nSPS) is 23.5. The number of fused-ring (bicyclic) bond motifs is 5. The summed E-state index contributed by atoms with van der Waals surface area (Å²) < 4.78 is 16.9. The van der Waals surface area contributed by atoms with Gasteiger partial charge in [-0.25, -0.2) is 4.90 Å². The van der Waals surface area contributed by atoms with Gasteiger partial charge in [-0.3, -0.25) is 14.4 Å². The zero-order chi connectivity index (χ0) is 35.3. The van der Waals surface area contributed by atoms with Gasteiger partial charge >= 0.3 is 0 Å². The highest BCUT2D eigenvalue weighted by molar-refractivity contribution is 6.39. The number of hydrogen-bond donors (Lipinski definition) is 0. The molecule has 1 saturated carbocycles. The number of imide groups is 1. The van der Waals surface area contributed by atoms with Gasteiger partial charge < -0.3 is 14.2 Å². The quantitative estimate of drug-likeness (QED) is 0.141. The Morgan fingerprint density at radius 1 is 0.549 bits per heavy atom. The van der Waals surface area contributed by atoms with E-state index in [1.165, 1.54) is 4.90 Å². The van der Waals surface area contributed by atoms with Gasteiger partial charge in [-0.15, -0.1) is 0 Å². The van der Waals surface area contributed by atoms with Crippen LogP contribution in [-0.4, -0.2) is 38.4 Å². The van der Waals surface area contributed by atoms with E-state index in [0.29, 0.717) is 51.8 Å². The minimum absolute atomic E-state index is 0.177. The van der Waals surface area contributed by atoms with Crippen molar-refractivity contribution in [2.75, 3.05) is 25.7 Å². The molecular formula is C44H37NO6. The van der Waals surface area contributed by atoms with Gasteiger partial charge in [-0.05, 0) is 88.4 Å². The lowest BCUT2D eigenvalue weighted by Crippen LogP contribution is -2.45. The lowest BCUT2D eigenvalue weighted by Gasteiger charge is -2.39. The number of benzene rings is 5. The Morgan fingerprint density at radius 2 is 0.961 bits per heavy atom. The molecule has 0 unspecified atom stereocenters. The van der Waals surface area contributed by atoms with Crippen LogP contribution in [0, 0.1) is 11.8 Å². The molecule has 0 spiro atoms. The summed E-state index contributed by atoms with van der Waals surface area (Å²) in [5, 5.41) is 0. The number of carbonyl (C=O) groups excluding carboxylic acids is 3. The van der Waals surface area contributed by atoms with Crippen molar-refractivity contribution in [2.24, 2.45) is 11.8 Å². The van der Waals surface area contributed by atoms with E-state index in [1.807, 2.05) is 116 Å². The van der Waals surface area contributed by atoms with E-state index < -0.39 is 34.5 Å². The molecule has 5 aromatic rings. The molecule has 4 atom stereocenters. The first kappa shape index (κ1) is 32.3. The summed E-state index contributed by atoms with van der Waals surface area (Å²) in [6.45, 7) is 2.59. The van der Waals surface area contributed by atoms with E-state index in [4.69, 9.17) is 14.2 Å². The molecule has 51 heavy (non-hydrogen) atoms. The van der Waals surface area contributed by atoms with Gasteiger partial charge in [0.15, 0.2) is 5.78 Å². The van der Waals surface area contributed by atoms with Gasteiger partial charge in [0.25, 0.3) is 0 Å². The summed E-state index contributed by atoms with van der Waals surface area (Å²) in [7, 11) is 3.22. The van der Waals surface area contributed by atoms with Crippen molar-refractivity contribution < 1.29 is 28.6 Å². The van der Waals surface area contributed by atoms with Gasteiger partial charge in [0.2, 0.25) is 11.8 Å². The third-order valence-electron chi connectivity index (χ3n) is 10.8. The minimum Gasteiger partial charge on any atom is -0.497 e. The van der Waals surface area contributed by atoms with Crippen molar-refractivity contribution in [3.63, 3.8) is 0 Å². The number of allylic oxidation sites excluding steroid dienone is 2. The lowest BCUT2D eigenvalue weighted by atomic mass is 9.59. The van der Waals surface area contributed by atoms with E-state index in [1.54, 1.807) is 38.5 Å². The summed E-state index contributed by atoms with van der Waals surface area (Å²) >= 11 is 0. The average Bonchev–Trinajstić information content (AvgIpc) is 3.70. The summed E-state index contributed by atoms with van der Waals surface area (Å²) in [6.07, 6.45) is 0.853. The first-order valence-electron chi connectivity index (χ1n) is 17.2. The largest absolute Gasteiger partial charge is 0.497 e. The van der Waals surface area contributed by atoms with Crippen LogP contribution in [0.5, 0.6) is 17.2 Å². The van der Waals surface area contributed by atoms with E-state index in [2.05, 4.69) is 0 Å². The van der Waals surface area contributed by atoms with Crippen LogP contribution < -0.4 is 19.1 Å². The molecule has 1 saturated heterocycles. The molecule has 0 radical (unpaired) electrons.